The standard InChI is InChI=1S/C15H18N4O/c1-10-12-13(16-14(20-12)17-15(2,3)4)19(18-10)11-8-6-5-7-9-11/h5-9H,1-4H3,(H,16,17). The Kier molecular flexibility index (Phi) is 2.78. The van der Waals surface area contributed by atoms with Crippen molar-refractivity contribution in [2.75, 3.05) is 5.32 Å². The predicted octanol–water partition coefficient (Wildman–Crippen LogP) is 3.53. The molecule has 0 saturated heterocycles. The average Bonchev–Trinajstić information content (AvgIpc) is 2.89. The second-order valence-corrected chi connectivity index (χ2v) is 5.88. The molecule has 0 aliphatic rings. The van der Waals surface area contributed by atoms with Crippen molar-refractivity contribution in [3.8, 4) is 5.69 Å². The minimum Gasteiger partial charge on any atom is -0.420 e. The Hall–Kier alpha value is -2.30. The molecule has 0 fully saturated rings. The molecule has 0 saturated carbocycles. The number of nitrogens with zero attached hydrogens (tertiary/aromatic N) is 3. The fourth-order valence-electron chi connectivity index (χ4n) is 2.06. The highest BCUT2D eigenvalue weighted by Crippen LogP contribution is 2.26. The van der Waals surface area contributed by atoms with Crippen LogP contribution in [0, 0.1) is 6.92 Å². The van der Waals surface area contributed by atoms with Gasteiger partial charge in [0, 0.05) is 5.54 Å². The number of oxazole rings is 1. The van der Waals surface area contributed by atoms with Crippen LogP contribution >= 0.6 is 0 Å². The summed E-state index contributed by atoms with van der Waals surface area (Å²) in [6, 6.07) is 10.5. The first-order valence-corrected chi connectivity index (χ1v) is 6.64. The Morgan fingerprint density at radius 3 is 2.50 bits per heavy atom. The number of rotatable bonds is 2. The van der Waals surface area contributed by atoms with Crippen LogP contribution in [-0.4, -0.2) is 20.3 Å². The highest BCUT2D eigenvalue weighted by Gasteiger charge is 2.19. The molecule has 0 atom stereocenters. The van der Waals surface area contributed by atoms with Crippen molar-refractivity contribution in [3.63, 3.8) is 0 Å². The zero-order valence-electron chi connectivity index (χ0n) is 12.1. The summed E-state index contributed by atoms with van der Waals surface area (Å²) in [5.74, 6) is 0. The van der Waals surface area contributed by atoms with Crippen LogP contribution in [0.2, 0.25) is 0 Å². The molecule has 2 heterocycles. The quantitative estimate of drug-likeness (QED) is 0.774. The highest BCUT2D eigenvalue weighted by atomic mass is 16.4. The molecule has 1 N–H and O–H groups in total. The van der Waals surface area contributed by atoms with Crippen LogP contribution in [0.25, 0.3) is 16.9 Å². The lowest BCUT2D eigenvalue weighted by atomic mass is 10.1. The van der Waals surface area contributed by atoms with Crippen molar-refractivity contribution < 1.29 is 4.42 Å². The molecule has 0 aliphatic heterocycles. The van der Waals surface area contributed by atoms with E-state index in [-0.39, 0.29) is 5.54 Å². The lowest BCUT2D eigenvalue weighted by Gasteiger charge is -2.18. The third-order valence-electron chi connectivity index (χ3n) is 2.87. The first-order valence-electron chi connectivity index (χ1n) is 6.64. The molecule has 0 aliphatic carbocycles. The number of anilines is 1. The molecule has 104 valence electrons. The molecule has 0 bridgehead atoms. The Morgan fingerprint density at radius 1 is 1.15 bits per heavy atom. The zero-order valence-corrected chi connectivity index (χ0v) is 12.1. The maximum atomic E-state index is 5.77. The van der Waals surface area contributed by atoms with E-state index in [2.05, 4.69) is 36.2 Å². The Balaban J connectivity index is 2.11. The molecule has 3 aromatic rings. The van der Waals surface area contributed by atoms with Crippen molar-refractivity contribution in [2.45, 2.75) is 33.2 Å². The molecule has 0 spiro atoms. The molecule has 1 aromatic carbocycles. The van der Waals surface area contributed by atoms with Gasteiger partial charge in [-0.2, -0.15) is 10.1 Å². The van der Waals surface area contributed by atoms with Gasteiger partial charge in [0.1, 0.15) is 5.69 Å². The first kappa shape index (κ1) is 12.7. The summed E-state index contributed by atoms with van der Waals surface area (Å²) in [6.45, 7) is 8.13. The fourth-order valence-corrected chi connectivity index (χ4v) is 2.06. The lowest BCUT2D eigenvalue weighted by molar-refractivity contribution is 0.553. The van der Waals surface area contributed by atoms with Crippen LogP contribution in [0.1, 0.15) is 26.5 Å². The molecule has 0 amide bonds. The van der Waals surface area contributed by atoms with Crippen molar-refractivity contribution in [2.24, 2.45) is 0 Å². The highest BCUT2D eigenvalue weighted by molar-refractivity contribution is 5.75. The van der Waals surface area contributed by atoms with Gasteiger partial charge in [0.15, 0.2) is 5.58 Å². The molecule has 0 radical (unpaired) electrons. The summed E-state index contributed by atoms with van der Waals surface area (Å²) in [7, 11) is 0. The number of aryl methyl sites for hydroxylation is 1. The summed E-state index contributed by atoms with van der Waals surface area (Å²) >= 11 is 0. The average molecular weight is 270 g/mol. The molecular formula is C15H18N4O. The summed E-state index contributed by atoms with van der Waals surface area (Å²) in [4.78, 5) is 4.52. The van der Waals surface area contributed by atoms with Crippen LogP contribution < -0.4 is 5.32 Å². The summed E-state index contributed by atoms with van der Waals surface area (Å²) in [5, 5.41) is 7.73. The molecule has 5 heteroatoms. The van der Waals surface area contributed by atoms with E-state index >= 15 is 0 Å². The molecule has 20 heavy (non-hydrogen) atoms. The Labute approximate surface area is 117 Å². The number of nitrogens with one attached hydrogen (secondary N) is 1. The maximum Gasteiger partial charge on any atom is 0.297 e. The van der Waals surface area contributed by atoms with Gasteiger partial charge in [-0.25, -0.2) is 4.68 Å². The maximum absolute atomic E-state index is 5.77. The van der Waals surface area contributed by atoms with Crippen LogP contribution in [0.15, 0.2) is 34.7 Å². The second kappa shape index (κ2) is 4.37. The minimum atomic E-state index is -0.0960. The van der Waals surface area contributed by atoms with E-state index in [1.807, 2.05) is 41.9 Å². The third-order valence-corrected chi connectivity index (χ3v) is 2.87. The molecule has 3 rings (SSSR count). The summed E-state index contributed by atoms with van der Waals surface area (Å²) < 4.78 is 7.58. The van der Waals surface area contributed by atoms with E-state index in [4.69, 9.17) is 4.42 Å². The van der Waals surface area contributed by atoms with Gasteiger partial charge in [-0.05, 0) is 39.8 Å². The zero-order chi connectivity index (χ0) is 14.3. The van der Waals surface area contributed by atoms with Gasteiger partial charge in [0.25, 0.3) is 6.01 Å². The fraction of sp³-hybridized carbons (Fsp3) is 0.333. The summed E-state index contributed by atoms with van der Waals surface area (Å²) in [6.07, 6.45) is 0. The number of benzene rings is 1. The summed E-state index contributed by atoms with van der Waals surface area (Å²) in [5.41, 5.74) is 3.17. The topological polar surface area (TPSA) is 55.9 Å². The van der Waals surface area contributed by atoms with Crippen LogP contribution in [-0.2, 0) is 0 Å². The van der Waals surface area contributed by atoms with Gasteiger partial charge in [-0.15, -0.1) is 0 Å². The monoisotopic (exact) mass is 270 g/mol. The third kappa shape index (κ3) is 2.27. The molecule has 2 aromatic heterocycles. The smallest absolute Gasteiger partial charge is 0.297 e. The van der Waals surface area contributed by atoms with E-state index in [9.17, 15) is 0 Å². The Bertz CT molecular complexity index is 734. The number of hydrogen-bond acceptors (Lipinski definition) is 4. The molecular weight excluding hydrogens is 252 g/mol. The van der Waals surface area contributed by atoms with Gasteiger partial charge in [0.05, 0.1) is 5.69 Å². The first-order chi connectivity index (χ1) is 9.44. The van der Waals surface area contributed by atoms with E-state index in [0.717, 1.165) is 22.6 Å². The predicted molar refractivity (Wildman–Crippen MR) is 79.2 cm³/mol. The van der Waals surface area contributed by atoms with Crippen molar-refractivity contribution in [1.29, 1.82) is 0 Å². The van der Waals surface area contributed by atoms with Crippen molar-refractivity contribution >= 4 is 17.2 Å². The van der Waals surface area contributed by atoms with Crippen molar-refractivity contribution in [1.82, 2.24) is 14.8 Å². The number of hydrogen-bond donors (Lipinski definition) is 1. The number of fused-ring (bicyclic) bond motifs is 1. The van der Waals surface area contributed by atoms with Crippen LogP contribution in [0.3, 0.4) is 0 Å². The van der Waals surface area contributed by atoms with Crippen molar-refractivity contribution in [3.05, 3.63) is 36.0 Å². The Morgan fingerprint density at radius 2 is 1.85 bits per heavy atom. The van der Waals surface area contributed by atoms with E-state index in [1.165, 1.54) is 0 Å². The minimum absolute atomic E-state index is 0.0960. The largest absolute Gasteiger partial charge is 0.420 e. The lowest BCUT2D eigenvalue weighted by Crippen LogP contribution is -2.26. The number of para-hydroxylation sites is 1. The van der Waals surface area contributed by atoms with Gasteiger partial charge >= 0.3 is 0 Å². The van der Waals surface area contributed by atoms with E-state index in [1.54, 1.807) is 0 Å². The molecule has 5 nitrogen and oxygen atoms in total. The van der Waals surface area contributed by atoms with E-state index < -0.39 is 0 Å². The SMILES string of the molecule is Cc1nn(-c2ccccc2)c2nc(NC(C)(C)C)oc12. The molecule has 0 unspecified atom stereocenters. The van der Waals surface area contributed by atoms with Gasteiger partial charge in [0.2, 0.25) is 5.65 Å². The van der Waals surface area contributed by atoms with E-state index in [0.29, 0.717) is 6.01 Å². The van der Waals surface area contributed by atoms with Crippen LogP contribution in [0.5, 0.6) is 0 Å². The van der Waals surface area contributed by atoms with Crippen LogP contribution in [0.4, 0.5) is 6.01 Å². The van der Waals surface area contributed by atoms with Gasteiger partial charge in [-0.1, -0.05) is 18.2 Å². The van der Waals surface area contributed by atoms with Gasteiger partial charge in [-0.3, -0.25) is 0 Å². The second-order valence-electron chi connectivity index (χ2n) is 5.88. The number of aromatic nitrogens is 3. The normalized spacial score (nSPS) is 12.0. The van der Waals surface area contributed by atoms with Gasteiger partial charge < -0.3 is 9.73 Å².